The number of fused-ring (bicyclic) bond motifs is 7. The second-order valence-corrected chi connectivity index (χ2v) is 18.5. The number of ether oxygens (including phenoxy) is 10. The van der Waals surface area contributed by atoms with Crippen LogP contribution in [0.2, 0.25) is 0 Å². The summed E-state index contributed by atoms with van der Waals surface area (Å²) in [6.07, 6.45) is 2.38. The van der Waals surface area contributed by atoms with Crippen molar-refractivity contribution < 1.29 is 62.4 Å². The molecule has 11 saturated heterocycles. The van der Waals surface area contributed by atoms with Crippen LogP contribution in [0, 0.1) is 11.8 Å². The number of rotatable bonds is 2. The molecule has 0 radical (unpaired) electrons. The van der Waals surface area contributed by atoms with Crippen LogP contribution in [0.5, 0.6) is 0 Å². The SMILES string of the molecule is C=C1C[C@@H]2CC[C@]34C[C@@H]5O[C@H]6[C@@H](O3)[C@H]3O[C@H](CC[C@@H]3O[C@@H]6[C@@H]5O4)CC(=O)O[C@@H]3[C@@H](C)[C@@H]4O[C@H](CCO)[C@H](O)C[C@@H]4O[C@H]3C[C@H]3O[C@@H](CC[C@@H]1O2)C[C@@H](C)C3=C. The fraction of sp³-hybridized carbons (Fsp3) is 0.881. The Kier molecular flexibility index (Phi) is 10.1. The molecule has 0 saturated carbocycles. The maximum Gasteiger partial charge on any atom is 0.308 e. The van der Waals surface area contributed by atoms with E-state index in [2.05, 4.69) is 20.1 Å². The van der Waals surface area contributed by atoms with Crippen LogP contribution in [0.15, 0.2) is 24.3 Å². The van der Waals surface area contributed by atoms with Gasteiger partial charge in [-0.25, -0.2) is 0 Å². The zero-order valence-electron chi connectivity index (χ0n) is 32.2. The average molecular weight is 773 g/mol. The molecule has 0 aromatic heterocycles. The van der Waals surface area contributed by atoms with Crippen molar-refractivity contribution in [2.75, 3.05) is 6.61 Å². The molecule has 2 N–H and O–H groups in total. The Morgan fingerprint density at radius 2 is 1.42 bits per heavy atom. The van der Waals surface area contributed by atoms with Gasteiger partial charge >= 0.3 is 5.97 Å². The predicted octanol–water partition coefficient (Wildman–Crippen LogP) is 3.59. The molecule has 11 rings (SSSR count). The third-order valence-electron chi connectivity index (χ3n) is 14.8. The molecule has 0 aromatic rings. The van der Waals surface area contributed by atoms with Crippen molar-refractivity contribution in [2.45, 2.75) is 213 Å². The maximum atomic E-state index is 14.0. The first kappa shape index (κ1) is 37.8. The molecule has 0 unspecified atom stereocenters. The van der Waals surface area contributed by atoms with Gasteiger partial charge in [-0.05, 0) is 68.4 Å². The van der Waals surface area contributed by atoms with Crippen molar-refractivity contribution in [2.24, 2.45) is 11.8 Å². The molecule has 306 valence electrons. The summed E-state index contributed by atoms with van der Waals surface area (Å²) in [5.74, 6) is -1.18. The van der Waals surface area contributed by atoms with E-state index in [1.807, 2.05) is 6.92 Å². The second-order valence-electron chi connectivity index (χ2n) is 18.5. The van der Waals surface area contributed by atoms with E-state index < -0.39 is 48.5 Å². The number of hydrogen-bond acceptors (Lipinski definition) is 13. The van der Waals surface area contributed by atoms with Gasteiger partial charge in [0.2, 0.25) is 0 Å². The number of carbonyl (C=O) groups excluding carboxylic acids is 1. The van der Waals surface area contributed by atoms with Gasteiger partial charge in [-0.2, -0.15) is 0 Å². The summed E-state index contributed by atoms with van der Waals surface area (Å²) < 4.78 is 66.9. The van der Waals surface area contributed by atoms with E-state index in [0.717, 1.165) is 49.7 Å². The van der Waals surface area contributed by atoms with Gasteiger partial charge in [-0.3, -0.25) is 4.79 Å². The highest BCUT2D eigenvalue weighted by molar-refractivity contribution is 5.70. The zero-order chi connectivity index (χ0) is 37.7. The summed E-state index contributed by atoms with van der Waals surface area (Å²) in [6, 6.07) is 0. The lowest BCUT2D eigenvalue weighted by Crippen LogP contribution is -2.62. The highest BCUT2D eigenvalue weighted by atomic mass is 16.8. The fourth-order valence-corrected chi connectivity index (χ4v) is 11.9. The van der Waals surface area contributed by atoms with Crippen LogP contribution in [0.4, 0.5) is 0 Å². The molecule has 13 heteroatoms. The molecule has 11 fully saturated rings. The van der Waals surface area contributed by atoms with Gasteiger partial charge in [0, 0.05) is 38.2 Å². The Bertz CT molecular complexity index is 1490. The van der Waals surface area contributed by atoms with Crippen LogP contribution in [-0.2, 0) is 52.2 Å². The molecule has 21 atom stereocenters. The minimum Gasteiger partial charge on any atom is -0.459 e. The molecule has 1 spiro atoms. The molecule has 11 aliphatic heterocycles. The van der Waals surface area contributed by atoms with Gasteiger partial charge in [-0.15, -0.1) is 0 Å². The molecule has 12 bridgehead atoms. The van der Waals surface area contributed by atoms with Gasteiger partial charge in [0.1, 0.15) is 36.6 Å². The molecule has 0 amide bonds. The van der Waals surface area contributed by atoms with Gasteiger partial charge in [0.15, 0.2) is 5.79 Å². The lowest BCUT2D eigenvalue weighted by atomic mass is 9.79. The van der Waals surface area contributed by atoms with Crippen LogP contribution in [0.3, 0.4) is 0 Å². The van der Waals surface area contributed by atoms with Crippen LogP contribution in [0.25, 0.3) is 0 Å². The maximum absolute atomic E-state index is 14.0. The number of hydrogen-bond donors (Lipinski definition) is 2. The van der Waals surface area contributed by atoms with E-state index in [1.54, 1.807) is 0 Å². The first-order valence-corrected chi connectivity index (χ1v) is 21.3. The van der Waals surface area contributed by atoms with Gasteiger partial charge in [0.05, 0.1) is 79.7 Å². The van der Waals surface area contributed by atoms with Crippen LogP contribution in [0.1, 0.15) is 97.3 Å². The van der Waals surface area contributed by atoms with Crippen molar-refractivity contribution in [1.29, 1.82) is 0 Å². The van der Waals surface area contributed by atoms with Crippen LogP contribution >= 0.6 is 0 Å². The topological polar surface area (TPSA) is 150 Å². The van der Waals surface area contributed by atoms with Gasteiger partial charge < -0.3 is 57.6 Å². The molecule has 11 heterocycles. The van der Waals surface area contributed by atoms with Crippen LogP contribution in [-0.4, -0.2) is 138 Å². The van der Waals surface area contributed by atoms with Gasteiger partial charge in [-0.1, -0.05) is 27.0 Å². The standard InChI is InChI=1S/C42H60O13/c1-19-13-23-5-7-27-20(2)14-25(46-27)9-11-42-18-33-38(54-42)39-40(52-33)41(55-42)37-29(51-39)8-6-24(48-37)15-34(45)53-36-22(4)35-31(16-26(44)28(50-35)10-12-43)49-32(36)17-30(47-23)21(19)3/h19,22-33,35-41,43-44H,2-3,5-18H2,1,4H3/t19-,22+,23+,24-,25+,26-,27+,28-,29+,30-,31+,32+,33+,35+,36-,37+,38-,39-,40-,41+,42-/m1/s1. The number of esters is 1. The quantitative estimate of drug-likeness (QED) is 0.312. The van der Waals surface area contributed by atoms with E-state index in [0.29, 0.717) is 38.5 Å². The number of aliphatic hydroxyl groups excluding tert-OH is 2. The van der Waals surface area contributed by atoms with Crippen molar-refractivity contribution >= 4 is 5.97 Å². The summed E-state index contributed by atoms with van der Waals surface area (Å²) in [6.45, 7) is 13.1. The van der Waals surface area contributed by atoms with Crippen molar-refractivity contribution in [3.8, 4) is 0 Å². The summed E-state index contributed by atoms with van der Waals surface area (Å²) >= 11 is 0. The Labute approximate surface area is 323 Å². The normalized spacial score (nSPS) is 54.9. The van der Waals surface area contributed by atoms with Crippen molar-refractivity contribution in [3.05, 3.63) is 24.3 Å². The number of carbonyl (C=O) groups is 1. The number of aliphatic hydroxyl groups is 2. The predicted molar refractivity (Wildman–Crippen MR) is 193 cm³/mol. The Morgan fingerprint density at radius 3 is 2.27 bits per heavy atom. The summed E-state index contributed by atoms with van der Waals surface area (Å²) in [7, 11) is 0. The molecule has 13 nitrogen and oxygen atoms in total. The average Bonchev–Trinajstić information content (AvgIpc) is 3.74. The Morgan fingerprint density at radius 1 is 0.673 bits per heavy atom. The highest BCUT2D eigenvalue weighted by Crippen LogP contribution is 2.54. The highest BCUT2D eigenvalue weighted by Gasteiger charge is 2.69. The minimum atomic E-state index is -0.808. The lowest BCUT2D eigenvalue weighted by molar-refractivity contribution is -0.293. The van der Waals surface area contributed by atoms with E-state index in [-0.39, 0.29) is 98.0 Å². The minimum absolute atomic E-state index is 0.00281. The van der Waals surface area contributed by atoms with Gasteiger partial charge in [0.25, 0.3) is 0 Å². The van der Waals surface area contributed by atoms with E-state index in [1.165, 1.54) is 0 Å². The molecular weight excluding hydrogens is 712 g/mol. The zero-order valence-corrected chi connectivity index (χ0v) is 32.2. The first-order chi connectivity index (χ1) is 26.5. The fourth-order valence-electron chi connectivity index (χ4n) is 11.9. The van der Waals surface area contributed by atoms with Crippen LogP contribution < -0.4 is 0 Å². The Balaban J connectivity index is 0.934. The molecule has 0 aliphatic carbocycles. The smallest absolute Gasteiger partial charge is 0.308 e. The first-order valence-electron chi connectivity index (χ1n) is 21.3. The van der Waals surface area contributed by atoms with E-state index in [9.17, 15) is 15.0 Å². The Hall–Kier alpha value is -1.49. The van der Waals surface area contributed by atoms with Crippen molar-refractivity contribution in [3.63, 3.8) is 0 Å². The molecular formula is C42H60O13. The third kappa shape index (κ3) is 6.79. The summed E-state index contributed by atoms with van der Waals surface area (Å²) in [4.78, 5) is 14.0. The molecule has 0 aromatic carbocycles. The van der Waals surface area contributed by atoms with E-state index in [4.69, 9.17) is 47.4 Å². The third-order valence-corrected chi connectivity index (χ3v) is 14.8. The second kappa shape index (κ2) is 14.7. The van der Waals surface area contributed by atoms with Crippen molar-refractivity contribution in [1.82, 2.24) is 0 Å². The summed E-state index contributed by atoms with van der Waals surface area (Å²) in [5.41, 5.74) is 2.14. The monoisotopic (exact) mass is 772 g/mol. The molecule has 55 heavy (non-hydrogen) atoms. The molecule has 11 aliphatic rings. The van der Waals surface area contributed by atoms with E-state index >= 15 is 0 Å². The largest absolute Gasteiger partial charge is 0.459 e. The lowest BCUT2D eigenvalue weighted by Gasteiger charge is -2.51. The summed E-state index contributed by atoms with van der Waals surface area (Å²) in [5, 5.41) is 20.6.